The maximum Gasteiger partial charge on any atom is 0.327 e. The summed E-state index contributed by atoms with van der Waals surface area (Å²) in [6.07, 6.45) is 8.38. The molecule has 166 valence electrons. The van der Waals surface area contributed by atoms with Gasteiger partial charge >= 0.3 is 14.7 Å². The molecule has 1 unspecified atom stereocenters. The number of hydrogen-bond donors (Lipinski definition) is 1. The second-order valence-electron chi connectivity index (χ2n) is 9.94. The van der Waals surface area contributed by atoms with Gasteiger partial charge in [0.25, 0.3) is 0 Å². The van der Waals surface area contributed by atoms with Gasteiger partial charge in [-0.2, -0.15) is 0 Å². The first-order valence-corrected chi connectivity index (χ1v) is 12.1. The summed E-state index contributed by atoms with van der Waals surface area (Å²) in [5.41, 5.74) is 9.62. The van der Waals surface area contributed by atoms with E-state index in [9.17, 15) is 9.36 Å². The fourth-order valence-corrected chi connectivity index (χ4v) is 5.16. The van der Waals surface area contributed by atoms with Crippen molar-refractivity contribution in [2.24, 2.45) is 11.1 Å². The van der Waals surface area contributed by atoms with Crippen LogP contribution in [0.4, 0.5) is 0 Å². The SMILES string of the molecule is CCCCC(C)(C)C(=O)OC1CCc2cc([C@H]3CC[C@@](N)(COP=O)C3)ccc2C1. The molecule has 0 heterocycles. The lowest BCUT2D eigenvalue weighted by molar-refractivity contribution is -0.160. The minimum atomic E-state index is -0.410. The predicted molar refractivity (Wildman–Crippen MR) is 119 cm³/mol. The van der Waals surface area contributed by atoms with Crippen LogP contribution in [-0.4, -0.2) is 24.2 Å². The molecule has 0 saturated heterocycles. The molecule has 6 heteroatoms. The molecule has 3 rings (SSSR count). The van der Waals surface area contributed by atoms with E-state index in [2.05, 4.69) is 25.1 Å². The summed E-state index contributed by atoms with van der Waals surface area (Å²) in [6, 6.07) is 6.73. The van der Waals surface area contributed by atoms with Crippen molar-refractivity contribution in [3.63, 3.8) is 0 Å². The maximum absolute atomic E-state index is 12.7. The zero-order valence-corrected chi connectivity index (χ0v) is 19.5. The predicted octanol–water partition coefficient (Wildman–Crippen LogP) is 5.49. The van der Waals surface area contributed by atoms with Gasteiger partial charge in [0, 0.05) is 12.0 Å². The molecule has 2 aliphatic carbocycles. The minimum Gasteiger partial charge on any atom is -0.462 e. The van der Waals surface area contributed by atoms with Gasteiger partial charge in [0.2, 0.25) is 0 Å². The molecule has 0 amide bonds. The molecule has 1 aromatic rings. The van der Waals surface area contributed by atoms with Crippen LogP contribution in [-0.2, 0) is 31.5 Å². The third-order valence-corrected chi connectivity index (χ3v) is 7.15. The molecule has 0 spiro atoms. The highest BCUT2D eigenvalue weighted by Crippen LogP contribution is 2.41. The van der Waals surface area contributed by atoms with E-state index >= 15 is 0 Å². The van der Waals surface area contributed by atoms with Crippen LogP contribution in [0, 0.1) is 5.41 Å². The van der Waals surface area contributed by atoms with Crippen LogP contribution in [0.25, 0.3) is 0 Å². The molecule has 1 aromatic carbocycles. The molecule has 0 bridgehead atoms. The number of carbonyl (C=O) groups excluding carboxylic acids is 1. The molecule has 2 N–H and O–H groups in total. The largest absolute Gasteiger partial charge is 0.462 e. The van der Waals surface area contributed by atoms with Crippen molar-refractivity contribution in [1.29, 1.82) is 0 Å². The van der Waals surface area contributed by atoms with Crippen LogP contribution in [0.2, 0.25) is 0 Å². The van der Waals surface area contributed by atoms with Gasteiger partial charge in [-0.15, -0.1) is 0 Å². The first kappa shape index (κ1) is 23.4. The smallest absolute Gasteiger partial charge is 0.327 e. The second-order valence-corrected chi connectivity index (χ2v) is 10.3. The number of hydrogen-bond acceptors (Lipinski definition) is 5. The molecule has 0 aromatic heterocycles. The van der Waals surface area contributed by atoms with Gasteiger partial charge in [-0.05, 0) is 75.0 Å². The highest BCUT2D eigenvalue weighted by Gasteiger charge is 2.37. The molecule has 1 fully saturated rings. The van der Waals surface area contributed by atoms with Crippen LogP contribution in [0.1, 0.15) is 88.3 Å². The van der Waals surface area contributed by atoms with Crippen molar-refractivity contribution in [3.8, 4) is 0 Å². The summed E-state index contributed by atoms with van der Waals surface area (Å²) in [5.74, 6) is 0.355. The number of nitrogens with two attached hydrogens (primary N) is 1. The van der Waals surface area contributed by atoms with E-state index in [0.717, 1.165) is 57.8 Å². The third kappa shape index (κ3) is 5.69. The third-order valence-electron chi connectivity index (χ3n) is 6.91. The highest BCUT2D eigenvalue weighted by molar-refractivity contribution is 7.17. The van der Waals surface area contributed by atoms with E-state index in [-0.39, 0.29) is 26.3 Å². The highest BCUT2D eigenvalue weighted by atomic mass is 31.1. The van der Waals surface area contributed by atoms with E-state index in [4.69, 9.17) is 15.0 Å². The summed E-state index contributed by atoms with van der Waals surface area (Å²) in [7, 11) is -0.300. The fourth-order valence-electron chi connectivity index (χ4n) is 4.85. The Kier molecular flexibility index (Phi) is 7.71. The summed E-state index contributed by atoms with van der Waals surface area (Å²) in [4.78, 5) is 12.7. The zero-order valence-electron chi connectivity index (χ0n) is 18.6. The summed E-state index contributed by atoms with van der Waals surface area (Å²) in [5, 5.41) is 0. The van der Waals surface area contributed by atoms with E-state index in [1.165, 1.54) is 16.7 Å². The lowest BCUT2D eigenvalue weighted by atomic mass is 9.84. The summed E-state index contributed by atoms with van der Waals surface area (Å²) < 4.78 is 21.5. The summed E-state index contributed by atoms with van der Waals surface area (Å²) >= 11 is 0. The van der Waals surface area contributed by atoms with Gasteiger partial charge < -0.3 is 10.5 Å². The Hall–Kier alpha value is -1.29. The van der Waals surface area contributed by atoms with Gasteiger partial charge in [-0.25, -0.2) is 4.57 Å². The Bertz CT molecular complexity index is 766. The monoisotopic (exact) mass is 433 g/mol. The molecule has 3 atom stereocenters. The van der Waals surface area contributed by atoms with Crippen LogP contribution in [0.15, 0.2) is 18.2 Å². The number of ether oxygens (including phenoxy) is 1. The Morgan fingerprint density at radius 2 is 2.10 bits per heavy atom. The minimum absolute atomic E-state index is 0.0247. The van der Waals surface area contributed by atoms with Gasteiger partial charge in [-0.1, -0.05) is 38.0 Å². The van der Waals surface area contributed by atoms with Crippen LogP contribution in [0.5, 0.6) is 0 Å². The zero-order chi connectivity index (χ0) is 21.8. The molecule has 30 heavy (non-hydrogen) atoms. The van der Waals surface area contributed by atoms with E-state index in [1.807, 2.05) is 13.8 Å². The molecular weight excluding hydrogens is 397 g/mol. The van der Waals surface area contributed by atoms with Gasteiger partial charge in [-0.3, -0.25) is 9.32 Å². The van der Waals surface area contributed by atoms with E-state index in [1.54, 1.807) is 0 Å². The molecule has 0 radical (unpaired) electrons. The van der Waals surface area contributed by atoms with Crippen molar-refractivity contribution >= 4 is 14.7 Å². The van der Waals surface area contributed by atoms with Crippen molar-refractivity contribution in [2.75, 3.05) is 6.61 Å². The fraction of sp³-hybridized carbons (Fsp3) is 0.708. The molecule has 1 saturated carbocycles. The number of carbonyl (C=O) groups is 1. The topological polar surface area (TPSA) is 78.6 Å². The first-order chi connectivity index (χ1) is 14.3. The van der Waals surface area contributed by atoms with E-state index in [0.29, 0.717) is 12.5 Å². The lowest BCUT2D eigenvalue weighted by Crippen LogP contribution is -2.41. The number of rotatable bonds is 9. The van der Waals surface area contributed by atoms with E-state index < -0.39 is 5.41 Å². The van der Waals surface area contributed by atoms with Crippen molar-refractivity contribution < 1.29 is 18.6 Å². The standard InChI is InChI=1S/C24H36NO4P/c1-4-5-11-23(2,3)22(26)29-21-9-8-17-13-18(6-7-19(17)14-21)20-10-12-24(25,15-20)16-28-30-27/h6-7,13,20-21H,4-5,8-12,14-16,25H2,1-3H3/t20-,21?,24-/m0/s1. The van der Waals surface area contributed by atoms with Crippen LogP contribution < -0.4 is 5.73 Å². The molecule has 2 aliphatic rings. The summed E-state index contributed by atoms with van der Waals surface area (Å²) in [6.45, 7) is 6.47. The molecule has 0 aliphatic heterocycles. The van der Waals surface area contributed by atoms with Crippen LogP contribution in [0.3, 0.4) is 0 Å². The maximum atomic E-state index is 12.7. The number of fused-ring (bicyclic) bond motifs is 1. The second kappa shape index (κ2) is 9.89. The van der Waals surface area contributed by atoms with Crippen molar-refractivity contribution in [3.05, 3.63) is 34.9 Å². The Morgan fingerprint density at radius 1 is 1.30 bits per heavy atom. The molecule has 5 nitrogen and oxygen atoms in total. The van der Waals surface area contributed by atoms with Crippen molar-refractivity contribution in [1.82, 2.24) is 0 Å². The average Bonchev–Trinajstić information content (AvgIpc) is 3.12. The Morgan fingerprint density at radius 3 is 2.83 bits per heavy atom. The van der Waals surface area contributed by atoms with Crippen molar-refractivity contribution in [2.45, 2.75) is 96.1 Å². The normalized spacial score (nSPS) is 26.5. The number of aryl methyl sites for hydroxylation is 1. The number of benzene rings is 1. The van der Waals surface area contributed by atoms with Gasteiger partial charge in [0.05, 0.1) is 12.0 Å². The number of unbranched alkanes of at least 4 members (excludes halogenated alkanes) is 1. The Labute approximate surface area is 182 Å². The van der Waals surface area contributed by atoms with Gasteiger partial charge in [0.1, 0.15) is 6.10 Å². The molecular formula is C24H36NO4P. The number of esters is 1. The lowest BCUT2D eigenvalue weighted by Gasteiger charge is -2.30. The average molecular weight is 434 g/mol. The van der Waals surface area contributed by atoms with Gasteiger partial charge in [0.15, 0.2) is 0 Å². The first-order valence-electron chi connectivity index (χ1n) is 11.3. The quantitative estimate of drug-likeness (QED) is 0.411. The Balaban J connectivity index is 1.59. The van der Waals surface area contributed by atoms with Crippen LogP contribution >= 0.6 is 8.69 Å².